The molecule has 0 aromatic rings. The van der Waals surface area contributed by atoms with Crippen LogP contribution in [0, 0.1) is 0 Å². The Kier molecular flexibility index (Phi) is 45.3. The van der Waals surface area contributed by atoms with Crippen LogP contribution in [0.4, 0.5) is 0 Å². The van der Waals surface area contributed by atoms with Crippen LogP contribution < -0.4 is 27.2 Å². The van der Waals surface area contributed by atoms with Gasteiger partial charge in [0.25, 0.3) is 0 Å². The number of ether oxygens (including phenoxy) is 12. The monoisotopic (exact) mass is 1580 g/mol. The average molecular weight is 1580 g/mol. The summed E-state index contributed by atoms with van der Waals surface area (Å²) in [6.07, 6.45) is -39.8. The third-order valence-electron chi connectivity index (χ3n) is 18.8. The molecule has 31 atom stereocenters. The molecule has 6 heterocycles. The van der Waals surface area contributed by atoms with E-state index in [0.29, 0.717) is 64.5 Å². The summed E-state index contributed by atoms with van der Waals surface area (Å²) in [6, 6.07) is -0.488. The van der Waals surface area contributed by atoms with Crippen molar-refractivity contribution in [2.75, 3.05) is 72.5 Å². The number of nitrogens with two attached hydrogens (primary N) is 1. The third-order valence-corrected chi connectivity index (χ3v) is 18.8. The van der Waals surface area contributed by atoms with Crippen LogP contribution in [0.25, 0.3) is 0 Å². The summed E-state index contributed by atoms with van der Waals surface area (Å²) in [7, 11) is 0. The number of Topliss-reactive ketones (excluding diaryl/α,β-unsaturated/α-hetero) is 1. The molecule has 6 fully saturated rings. The predicted molar refractivity (Wildman–Crippen MR) is 362 cm³/mol. The molecule has 0 bridgehead atoms. The molecule has 108 heavy (non-hydrogen) atoms. The van der Waals surface area contributed by atoms with Crippen molar-refractivity contribution in [3.05, 3.63) is 0 Å². The lowest BCUT2D eigenvalue weighted by molar-refractivity contribution is -0.366. The minimum Gasteiger partial charge on any atom is -0.394 e. The van der Waals surface area contributed by atoms with Crippen molar-refractivity contribution >= 4 is 29.8 Å². The van der Waals surface area contributed by atoms with Gasteiger partial charge in [0.15, 0.2) is 37.7 Å². The van der Waals surface area contributed by atoms with Crippen LogP contribution in [0.3, 0.4) is 0 Å². The fourth-order valence-electron chi connectivity index (χ4n) is 12.3. The number of carbonyl (C=O) groups is 5. The molecule has 0 aromatic carbocycles. The summed E-state index contributed by atoms with van der Waals surface area (Å²) < 4.78 is 66.6. The Morgan fingerprint density at radius 3 is 1.14 bits per heavy atom. The van der Waals surface area contributed by atoms with Gasteiger partial charge in [0, 0.05) is 45.2 Å². The molecule has 6 aliphatic rings. The molecule has 0 aromatic heterocycles. The SMILES string of the molecule is C.CCNC(=O)CCCCCCC(=O)CCCO[C@H]1O[C@H](CO[C@H]2O[C@H](CO)[C@@H](O)[C@H](O)[C@@H]2O)[C@@H](O)[C@H](O[C@H]2O[C@H](CO)[C@@H](O)[C@H](O)[C@@H]2O)[C@@H]1O.NCCCC[C@@H](C=O)NNC(=O)CCCCCCC(=O)NCCO[C@H]1O[C@H](CO[C@H]2O[C@H](CO)[C@@H](O)[C@H](O)[C@@H]2O)[C@@H](O)[C@H](O[C@H]2O[C@H](CO)[C@@H](O)[C@H](O)[C@@H]2O)[C@@H]1O. The number of hydrogen-bond donors (Lipinski definition) is 25. The molecule has 6 saturated heterocycles. The number of aliphatic hydroxyl groups is 20. The van der Waals surface area contributed by atoms with Gasteiger partial charge in [-0.15, -0.1) is 0 Å². The fraction of sp³-hybridized carbons (Fsp3) is 0.924. The zero-order valence-corrected chi connectivity index (χ0v) is 59.7. The minimum absolute atomic E-state index is 0. The molecular weight excluding hydrogens is 1450 g/mol. The van der Waals surface area contributed by atoms with Crippen LogP contribution in [-0.4, -0.2) is 395 Å². The zero-order chi connectivity index (χ0) is 79.0. The molecule has 0 saturated carbocycles. The van der Waals surface area contributed by atoms with E-state index in [4.69, 9.17) is 62.6 Å². The van der Waals surface area contributed by atoms with Crippen molar-refractivity contribution in [2.45, 2.75) is 314 Å². The summed E-state index contributed by atoms with van der Waals surface area (Å²) >= 11 is 0. The molecule has 42 nitrogen and oxygen atoms in total. The van der Waals surface area contributed by atoms with Crippen molar-refractivity contribution in [3.63, 3.8) is 0 Å². The Balaban J connectivity index is 0.000000456. The topological polar surface area (TPSA) is 675 Å². The quantitative estimate of drug-likeness (QED) is 0.0153. The van der Waals surface area contributed by atoms with E-state index in [1.807, 2.05) is 6.92 Å². The van der Waals surface area contributed by atoms with Crippen molar-refractivity contribution in [2.24, 2.45) is 5.73 Å². The van der Waals surface area contributed by atoms with E-state index in [0.717, 1.165) is 38.4 Å². The summed E-state index contributed by atoms with van der Waals surface area (Å²) in [5.74, 6) is -0.554. The maximum absolute atomic E-state index is 12.4. The highest BCUT2D eigenvalue weighted by Gasteiger charge is 2.55. The molecule has 0 aliphatic carbocycles. The lowest BCUT2D eigenvalue weighted by atomic mass is 9.96. The van der Waals surface area contributed by atoms with Crippen LogP contribution in [0.5, 0.6) is 0 Å². The third kappa shape index (κ3) is 29.3. The molecule has 0 unspecified atom stereocenters. The first-order valence-electron chi connectivity index (χ1n) is 36.4. The van der Waals surface area contributed by atoms with Gasteiger partial charge in [-0.25, -0.2) is 5.43 Å². The first kappa shape index (κ1) is 96.8. The smallest absolute Gasteiger partial charge is 0.234 e. The van der Waals surface area contributed by atoms with Gasteiger partial charge in [0.05, 0.1) is 58.9 Å². The molecule has 632 valence electrons. The molecule has 6 aliphatic heterocycles. The molecule has 42 heteroatoms. The number of rotatable bonds is 45. The summed E-state index contributed by atoms with van der Waals surface area (Å²) in [4.78, 5) is 59.5. The van der Waals surface area contributed by atoms with E-state index in [9.17, 15) is 126 Å². The van der Waals surface area contributed by atoms with Crippen molar-refractivity contribution in [1.82, 2.24) is 21.5 Å². The van der Waals surface area contributed by atoms with E-state index in [-0.39, 0.29) is 76.4 Å². The van der Waals surface area contributed by atoms with Gasteiger partial charge < -0.3 is 180 Å². The zero-order valence-electron chi connectivity index (χ0n) is 59.7. The molecule has 6 rings (SSSR count). The number of hydrazine groups is 1. The Hall–Kier alpha value is -3.61. The molecule has 0 spiro atoms. The van der Waals surface area contributed by atoms with Crippen LogP contribution in [0.2, 0.25) is 0 Å². The first-order chi connectivity index (χ1) is 51.1. The second-order valence-corrected chi connectivity index (χ2v) is 26.9. The summed E-state index contributed by atoms with van der Waals surface area (Å²) in [6.45, 7) is -1.59. The Labute approximate surface area is 624 Å². The van der Waals surface area contributed by atoms with E-state index in [1.165, 1.54) is 0 Å². The fourth-order valence-corrected chi connectivity index (χ4v) is 12.3. The number of unbranched alkanes of at least 4 members (excludes halogenated alkanes) is 7. The molecule has 26 N–H and O–H groups in total. The molecular formula is C66H121N5O37. The number of hydrogen-bond acceptors (Lipinski definition) is 39. The number of ketones is 1. The lowest BCUT2D eigenvalue weighted by Crippen LogP contribution is -2.65. The van der Waals surface area contributed by atoms with Gasteiger partial charge in [0.1, 0.15) is 159 Å². The Morgan fingerprint density at radius 1 is 0.389 bits per heavy atom. The van der Waals surface area contributed by atoms with E-state index < -0.39 is 230 Å². The maximum Gasteiger partial charge on any atom is 0.234 e. The van der Waals surface area contributed by atoms with Crippen LogP contribution in [-0.2, 0) is 80.8 Å². The predicted octanol–water partition coefficient (Wildman–Crippen LogP) is -10.9. The summed E-state index contributed by atoms with van der Waals surface area (Å²) in [5, 5.41) is 211. The highest BCUT2D eigenvalue weighted by Crippen LogP contribution is 2.34. The Bertz CT molecular complexity index is 2510. The van der Waals surface area contributed by atoms with Gasteiger partial charge in [-0.2, -0.15) is 0 Å². The van der Waals surface area contributed by atoms with E-state index in [2.05, 4.69) is 21.5 Å². The number of amides is 3. The average Bonchev–Trinajstić information content (AvgIpc) is 0.788. The lowest BCUT2D eigenvalue weighted by Gasteiger charge is -2.46. The van der Waals surface area contributed by atoms with Crippen molar-refractivity contribution < 1.29 is 183 Å². The highest BCUT2D eigenvalue weighted by atomic mass is 16.8. The second-order valence-electron chi connectivity index (χ2n) is 26.9. The number of aliphatic hydroxyl groups excluding tert-OH is 20. The van der Waals surface area contributed by atoms with Crippen molar-refractivity contribution in [1.29, 1.82) is 0 Å². The number of carbonyl (C=O) groups excluding carboxylic acids is 5. The van der Waals surface area contributed by atoms with Gasteiger partial charge in [-0.1, -0.05) is 39.5 Å². The minimum atomic E-state index is -1.90. The maximum atomic E-state index is 12.4. The first-order valence-corrected chi connectivity index (χ1v) is 36.4. The van der Waals surface area contributed by atoms with Gasteiger partial charge in [-0.05, 0) is 58.4 Å². The van der Waals surface area contributed by atoms with Crippen LogP contribution >= 0.6 is 0 Å². The van der Waals surface area contributed by atoms with Gasteiger partial charge >= 0.3 is 0 Å². The number of aldehydes is 1. The summed E-state index contributed by atoms with van der Waals surface area (Å²) in [5.41, 5.74) is 10.7. The normalized spacial score (nSPS) is 37.4. The largest absolute Gasteiger partial charge is 0.394 e. The van der Waals surface area contributed by atoms with Crippen LogP contribution in [0.1, 0.15) is 124 Å². The van der Waals surface area contributed by atoms with E-state index >= 15 is 0 Å². The molecule has 0 radical (unpaired) electrons. The standard InChI is InChI=1S/C34H62N4O19.C31H55NO18.CH4/c35-10-6-5-7-17(13-39)37-38-22(43)9-4-2-1-3-8-21(42)36-11-12-52-33-30(51)31(57-34-29(50)27(48)24(45)19(15-41)55-34)25(46)20(56-33)16-53-32-28(49)26(47)23(44)18(14-40)54-32;1-2-32-19(36)10-6-4-3-5-8-15(35)9-7-11-45-30-27(44)28(50-31-26(43)24(41)21(38)17(13-34)48-31)22(39)18(49-30)14-46-29-25(42)23(40)20(37)16(12-33)47-29;/h13,17-20,23-34,37,40-41,44-51H,1-12,14-16,35H2,(H,36,42)(H,38,43);16-18,20-31,33-34,37-44H,2-14H2,1H3,(H,32,36);1H4/t17-,18+,19+,20+,23+,24+,25+,26-,27-,28-,29-,30-,31-,32-,33-,34+;16-,17-,18-,20-,21-,22-,23+,24+,25+,26+,27+,28+,29+,30+,31-;/m01./s1. The second kappa shape index (κ2) is 50.6. The van der Waals surface area contributed by atoms with Gasteiger partial charge in [-0.3, -0.25) is 24.6 Å². The van der Waals surface area contributed by atoms with Crippen molar-refractivity contribution in [3.8, 4) is 0 Å². The number of nitrogens with one attached hydrogen (secondary N) is 4. The molecule has 3 amide bonds. The van der Waals surface area contributed by atoms with Crippen LogP contribution in [0.15, 0.2) is 0 Å². The van der Waals surface area contributed by atoms with Gasteiger partial charge in [0.2, 0.25) is 17.7 Å². The Morgan fingerprint density at radius 2 is 0.741 bits per heavy atom. The van der Waals surface area contributed by atoms with E-state index in [1.54, 1.807) is 0 Å². The highest BCUT2D eigenvalue weighted by molar-refractivity contribution is 5.78.